The van der Waals surface area contributed by atoms with Crippen molar-refractivity contribution in [3.05, 3.63) is 59.7 Å². The first kappa shape index (κ1) is 17.8. The Bertz CT molecular complexity index is 651. The number of carbonyl (C=O) groups is 1. The molecule has 0 N–H and O–H groups in total. The Kier molecular flexibility index (Phi) is 6.63. The average molecular weight is 330 g/mol. The maximum absolute atomic E-state index is 12.3. The van der Waals surface area contributed by atoms with Gasteiger partial charge in [0.25, 0.3) is 0 Å². The van der Waals surface area contributed by atoms with Gasteiger partial charge >= 0.3 is 5.97 Å². The molecular formula is C19H22O5. The van der Waals surface area contributed by atoms with Gasteiger partial charge in [-0.1, -0.05) is 30.3 Å². The number of benzene rings is 2. The molecule has 0 aliphatic rings. The van der Waals surface area contributed by atoms with E-state index in [-0.39, 0.29) is 12.8 Å². The molecular weight excluding hydrogens is 308 g/mol. The molecule has 2 aromatic rings. The zero-order valence-electron chi connectivity index (χ0n) is 14.2. The van der Waals surface area contributed by atoms with Gasteiger partial charge in [0.05, 0.1) is 20.1 Å². The van der Waals surface area contributed by atoms with Crippen molar-refractivity contribution in [3.8, 4) is 11.5 Å². The van der Waals surface area contributed by atoms with Gasteiger partial charge in [-0.3, -0.25) is 4.79 Å². The molecule has 1 unspecified atom stereocenters. The van der Waals surface area contributed by atoms with Gasteiger partial charge in [-0.05, 0) is 35.7 Å². The topological polar surface area (TPSA) is 54.0 Å². The van der Waals surface area contributed by atoms with E-state index in [9.17, 15) is 4.79 Å². The Morgan fingerprint density at radius 3 is 2.33 bits per heavy atom. The molecule has 0 aromatic heterocycles. The van der Waals surface area contributed by atoms with Crippen molar-refractivity contribution in [1.82, 2.24) is 0 Å². The van der Waals surface area contributed by atoms with Gasteiger partial charge in [-0.2, -0.15) is 0 Å². The lowest BCUT2D eigenvalue weighted by atomic mass is 9.91. The second-order valence-corrected chi connectivity index (χ2v) is 5.21. The van der Waals surface area contributed by atoms with Gasteiger partial charge in [0.15, 0.2) is 6.79 Å². The second kappa shape index (κ2) is 8.93. The molecule has 128 valence electrons. The Morgan fingerprint density at radius 1 is 1.00 bits per heavy atom. The van der Waals surface area contributed by atoms with Crippen molar-refractivity contribution in [1.29, 1.82) is 0 Å². The number of hydrogen-bond acceptors (Lipinski definition) is 5. The average Bonchev–Trinajstić information content (AvgIpc) is 2.64. The number of carbonyl (C=O) groups excluding carboxylic acids is 1. The molecule has 5 nitrogen and oxygen atoms in total. The van der Waals surface area contributed by atoms with Crippen LogP contribution >= 0.6 is 0 Å². The molecule has 0 saturated carbocycles. The third kappa shape index (κ3) is 4.49. The van der Waals surface area contributed by atoms with E-state index in [0.717, 1.165) is 16.9 Å². The summed E-state index contributed by atoms with van der Waals surface area (Å²) in [6.45, 7) is 0.155. The molecule has 0 bridgehead atoms. The van der Waals surface area contributed by atoms with Crippen molar-refractivity contribution in [2.45, 2.75) is 12.3 Å². The molecule has 0 spiro atoms. The molecule has 0 amide bonds. The van der Waals surface area contributed by atoms with Gasteiger partial charge in [0.1, 0.15) is 11.5 Å². The number of rotatable bonds is 8. The minimum Gasteiger partial charge on any atom is -0.497 e. The van der Waals surface area contributed by atoms with Crippen molar-refractivity contribution >= 4 is 5.97 Å². The van der Waals surface area contributed by atoms with Crippen LogP contribution in [0.2, 0.25) is 0 Å². The van der Waals surface area contributed by atoms with Crippen LogP contribution in [0.25, 0.3) is 0 Å². The van der Waals surface area contributed by atoms with Crippen LogP contribution in [0.5, 0.6) is 11.5 Å². The predicted molar refractivity (Wildman–Crippen MR) is 90.4 cm³/mol. The van der Waals surface area contributed by atoms with E-state index in [1.54, 1.807) is 14.2 Å². The first-order valence-corrected chi connectivity index (χ1v) is 7.61. The normalized spacial score (nSPS) is 11.6. The van der Waals surface area contributed by atoms with Crippen molar-refractivity contribution in [3.63, 3.8) is 0 Å². The van der Waals surface area contributed by atoms with Crippen LogP contribution in [0.1, 0.15) is 17.0 Å². The van der Waals surface area contributed by atoms with Crippen LogP contribution in [0.4, 0.5) is 0 Å². The van der Waals surface area contributed by atoms with E-state index in [2.05, 4.69) is 0 Å². The lowest BCUT2D eigenvalue weighted by Gasteiger charge is -2.18. The SMILES string of the molecule is COCOc1ccccc1CC(C(=O)OC)c1ccc(OC)cc1. The summed E-state index contributed by atoms with van der Waals surface area (Å²) in [5.41, 5.74) is 1.78. The van der Waals surface area contributed by atoms with Crippen LogP contribution in [0.15, 0.2) is 48.5 Å². The lowest BCUT2D eigenvalue weighted by Crippen LogP contribution is -2.17. The van der Waals surface area contributed by atoms with Crippen LogP contribution in [-0.4, -0.2) is 34.1 Å². The number of esters is 1. The maximum atomic E-state index is 12.3. The Labute approximate surface area is 142 Å². The zero-order valence-corrected chi connectivity index (χ0v) is 14.2. The fraction of sp³-hybridized carbons (Fsp3) is 0.316. The Morgan fingerprint density at radius 2 is 1.71 bits per heavy atom. The molecule has 2 aromatic carbocycles. The number of para-hydroxylation sites is 1. The van der Waals surface area contributed by atoms with Gasteiger partial charge in [0.2, 0.25) is 0 Å². The summed E-state index contributed by atoms with van der Waals surface area (Å²) in [6, 6.07) is 15.0. The van der Waals surface area contributed by atoms with Gasteiger partial charge < -0.3 is 18.9 Å². The number of methoxy groups -OCH3 is 3. The van der Waals surface area contributed by atoms with E-state index < -0.39 is 5.92 Å². The van der Waals surface area contributed by atoms with Crippen molar-refractivity contribution in [2.24, 2.45) is 0 Å². The lowest BCUT2D eigenvalue weighted by molar-refractivity contribution is -0.142. The van der Waals surface area contributed by atoms with E-state index >= 15 is 0 Å². The molecule has 24 heavy (non-hydrogen) atoms. The third-order valence-electron chi connectivity index (χ3n) is 3.73. The van der Waals surface area contributed by atoms with E-state index in [1.165, 1.54) is 7.11 Å². The molecule has 5 heteroatoms. The minimum absolute atomic E-state index is 0.155. The van der Waals surface area contributed by atoms with Crippen molar-refractivity contribution < 1.29 is 23.7 Å². The fourth-order valence-corrected chi connectivity index (χ4v) is 2.47. The fourth-order valence-electron chi connectivity index (χ4n) is 2.47. The second-order valence-electron chi connectivity index (χ2n) is 5.21. The molecule has 1 atom stereocenters. The maximum Gasteiger partial charge on any atom is 0.313 e. The zero-order chi connectivity index (χ0) is 17.4. The minimum atomic E-state index is -0.423. The van der Waals surface area contributed by atoms with Crippen molar-refractivity contribution in [2.75, 3.05) is 28.1 Å². The quantitative estimate of drug-likeness (QED) is 0.550. The summed E-state index contributed by atoms with van der Waals surface area (Å²) in [5.74, 6) is 0.725. The molecule has 0 radical (unpaired) electrons. The molecule has 0 aliphatic heterocycles. The van der Waals surface area contributed by atoms with Crippen LogP contribution < -0.4 is 9.47 Å². The summed E-state index contributed by atoms with van der Waals surface area (Å²) < 4.78 is 20.7. The summed E-state index contributed by atoms with van der Waals surface area (Å²) in [7, 11) is 4.57. The van der Waals surface area contributed by atoms with Crippen LogP contribution in [0, 0.1) is 0 Å². The molecule has 0 heterocycles. The standard InChI is InChI=1S/C19H22O5/c1-21-13-24-18-7-5-4-6-15(18)12-17(19(20)23-3)14-8-10-16(22-2)11-9-14/h4-11,17H,12-13H2,1-3H3. The first-order chi connectivity index (χ1) is 11.7. The Hall–Kier alpha value is -2.53. The van der Waals surface area contributed by atoms with E-state index in [0.29, 0.717) is 12.2 Å². The van der Waals surface area contributed by atoms with Gasteiger partial charge in [-0.15, -0.1) is 0 Å². The summed E-state index contributed by atoms with van der Waals surface area (Å²) in [5, 5.41) is 0. The highest BCUT2D eigenvalue weighted by molar-refractivity contribution is 5.78. The highest BCUT2D eigenvalue weighted by atomic mass is 16.7. The summed E-state index contributed by atoms with van der Waals surface area (Å²) in [6.07, 6.45) is 0.471. The number of ether oxygens (including phenoxy) is 4. The summed E-state index contributed by atoms with van der Waals surface area (Å²) in [4.78, 5) is 12.3. The largest absolute Gasteiger partial charge is 0.497 e. The third-order valence-corrected chi connectivity index (χ3v) is 3.73. The monoisotopic (exact) mass is 330 g/mol. The molecule has 0 aliphatic carbocycles. The van der Waals surface area contributed by atoms with Crippen LogP contribution in [0.3, 0.4) is 0 Å². The summed E-state index contributed by atoms with van der Waals surface area (Å²) >= 11 is 0. The highest BCUT2D eigenvalue weighted by Gasteiger charge is 2.23. The predicted octanol–water partition coefficient (Wildman–Crippen LogP) is 3.18. The van der Waals surface area contributed by atoms with Gasteiger partial charge in [-0.25, -0.2) is 0 Å². The molecule has 0 fully saturated rings. The van der Waals surface area contributed by atoms with Gasteiger partial charge in [0, 0.05) is 7.11 Å². The van der Waals surface area contributed by atoms with Crippen LogP contribution in [-0.2, 0) is 20.7 Å². The van der Waals surface area contributed by atoms with E-state index in [4.69, 9.17) is 18.9 Å². The smallest absolute Gasteiger partial charge is 0.313 e. The molecule has 0 saturated heterocycles. The highest BCUT2D eigenvalue weighted by Crippen LogP contribution is 2.28. The Balaban J connectivity index is 2.27. The van der Waals surface area contributed by atoms with E-state index in [1.807, 2.05) is 48.5 Å². The number of hydrogen-bond donors (Lipinski definition) is 0. The molecule has 2 rings (SSSR count). The first-order valence-electron chi connectivity index (χ1n) is 7.61.